The molecule has 2 bridgehead atoms. The van der Waals surface area contributed by atoms with Crippen LogP contribution in [0.3, 0.4) is 0 Å². The summed E-state index contributed by atoms with van der Waals surface area (Å²) in [6, 6.07) is 11.8. The van der Waals surface area contributed by atoms with Gasteiger partial charge >= 0.3 is 0 Å². The van der Waals surface area contributed by atoms with E-state index in [1.165, 1.54) is 25.7 Å². The Balaban J connectivity index is 1.20. The Kier molecular flexibility index (Phi) is 6.09. The van der Waals surface area contributed by atoms with E-state index >= 15 is 0 Å². The maximum Gasteiger partial charge on any atom is 0.258 e. The number of pyridine rings is 1. The lowest BCUT2D eigenvalue weighted by Gasteiger charge is -2.37. The molecule has 8 rings (SSSR count). The number of nitrogens with zero attached hydrogens (tertiary/aromatic N) is 4. The van der Waals surface area contributed by atoms with Gasteiger partial charge in [-0.2, -0.15) is 4.98 Å². The molecule has 5 aliphatic heterocycles. The highest BCUT2D eigenvalue weighted by atomic mass is 16.5. The summed E-state index contributed by atoms with van der Waals surface area (Å²) < 4.78 is 6.54. The molecule has 2 unspecified atom stereocenters. The molecule has 4 fully saturated rings. The number of carbonyl (C=O) groups excluding carboxylic acids is 1. The van der Waals surface area contributed by atoms with Gasteiger partial charge in [0.25, 0.3) is 5.91 Å². The van der Waals surface area contributed by atoms with Crippen molar-refractivity contribution in [1.29, 1.82) is 0 Å². The Morgan fingerprint density at radius 2 is 1.88 bits per heavy atom. The molecule has 6 heterocycles. The third-order valence-electron chi connectivity index (χ3n) is 10.3. The van der Waals surface area contributed by atoms with E-state index in [1.54, 1.807) is 17.0 Å². The number of carbonyl (C=O) groups is 1. The number of amides is 1. The van der Waals surface area contributed by atoms with E-state index in [0.29, 0.717) is 54.4 Å². The predicted molar refractivity (Wildman–Crippen MR) is 164 cm³/mol. The van der Waals surface area contributed by atoms with Gasteiger partial charge in [0.1, 0.15) is 18.2 Å². The monoisotopic (exact) mass is 563 g/mol. The number of phenols is 1. The molecule has 2 aromatic carbocycles. The first-order valence-corrected chi connectivity index (χ1v) is 15.5. The molecule has 8 heteroatoms. The molecule has 5 aliphatic rings. The van der Waals surface area contributed by atoms with Crippen LogP contribution in [-0.2, 0) is 6.42 Å². The normalized spacial score (nSPS) is 24.6. The maximum absolute atomic E-state index is 14.4. The van der Waals surface area contributed by atoms with E-state index in [0.717, 1.165) is 61.2 Å². The fourth-order valence-corrected chi connectivity index (χ4v) is 8.37. The number of piperazine rings is 1. The number of terminal acetylenes is 1. The number of hydrogen-bond acceptors (Lipinski definition) is 7. The highest BCUT2D eigenvalue weighted by Crippen LogP contribution is 2.41. The molecule has 1 aromatic heterocycles. The van der Waals surface area contributed by atoms with Gasteiger partial charge in [-0.1, -0.05) is 18.1 Å². The summed E-state index contributed by atoms with van der Waals surface area (Å²) in [4.78, 5) is 26.3. The second-order valence-corrected chi connectivity index (χ2v) is 12.8. The Morgan fingerprint density at radius 1 is 1.10 bits per heavy atom. The fraction of sp³-hybridized carbons (Fsp3) is 0.471. The predicted octanol–water partition coefficient (Wildman–Crippen LogP) is 4.07. The minimum atomic E-state index is -0.108. The van der Waals surface area contributed by atoms with Gasteiger partial charge in [-0.05, 0) is 75.6 Å². The van der Waals surface area contributed by atoms with E-state index < -0.39 is 0 Å². The van der Waals surface area contributed by atoms with Crippen LogP contribution in [0, 0.1) is 12.3 Å². The zero-order valence-corrected chi connectivity index (χ0v) is 23.9. The highest BCUT2D eigenvalue weighted by Gasteiger charge is 2.45. The van der Waals surface area contributed by atoms with Crippen molar-refractivity contribution in [3.63, 3.8) is 0 Å². The lowest BCUT2D eigenvalue weighted by Crippen LogP contribution is -2.52. The average molecular weight is 564 g/mol. The van der Waals surface area contributed by atoms with Crippen LogP contribution in [-0.4, -0.2) is 77.9 Å². The molecule has 0 saturated carbocycles. The number of aromatic hydroxyl groups is 1. The molecule has 0 spiro atoms. The Morgan fingerprint density at radius 3 is 2.64 bits per heavy atom. The molecular weight excluding hydrogens is 526 g/mol. The molecule has 0 radical (unpaired) electrons. The molecule has 2 atom stereocenters. The van der Waals surface area contributed by atoms with Gasteiger partial charge in [0.15, 0.2) is 0 Å². The van der Waals surface area contributed by atoms with Gasteiger partial charge in [0.05, 0.1) is 16.8 Å². The highest BCUT2D eigenvalue weighted by molar-refractivity contribution is 6.14. The summed E-state index contributed by atoms with van der Waals surface area (Å²) in [5, 5.41) is 16.0. The van der Waals surface area contributed by atoms with Gasteiger partial charge in [0, 0.05) is 60.4 Å². The third kappa shape index (κ3) is 4.13. The third-order valence-corrected chi connectivity index (χ3v) is 10.3. The Bertz CT molecular complexity index is 1610. The quantitative estimate of drug-likeness (QED) is 0.453. The van der Waals surface area contributed by atoms with Crippen LogP contribution in [0.5, 0.6) is 11.6 Å². The van der Waals surface area contributed by atoms with Crippen molar-refractivity contribution in [3.8, 4) is 24.0 Å². The minimum Gasteiger partial charge on any atom is -0.508 e. The number of hydrogen-bond donors (Lipinski definition) is 2. The molecule has 2 N–H and O–H groups in total. The smallest absolute Gasteiger partial charge is 0.258 e. The number of ether oxygens (including phenoxy) is 1. The number of rotatable bonds is 5. The van der Waals surface area contributed by atoms with E-state index in [2.05, 4.69) is 21.0 Å². The van der Waals surface area contributed by atoms with E-state index in [-0.39, 0.29) is 17.2 Å². The van der Waals surface area contributed by atoms with Crippen LogP contribution in [0.25, 0.3) is 10.8 Å². The molecular formula is C34H37N5O3. The summed E-state index contributed by atoms with van der Waals surface area (Å²) in [6.45, 7) is 5.14. The second-order valence-electron chi connectivity index (χ2n) is 12.8. The largest absolute Gasteiger partial charge is 0.508 e. The van der Waals surface area contributed by atoms with Crippen LogP contribution in [0.4, 0.5) is 11.5 Å². The van der Waals surface area contributed by atoms with Gasteiger partial charge in [0.2, 0.25) is 5.88 Å². The van der Waals surface area contributed by atoms with Crippen LogP contribution in [0.15, 0.2) is 36.4 Å². The molecule has 1 amide bonds. The number of aromatic nitrogens is 1. The fourth-order valence-electron chi connectivity index (χ4n) is 8.37. The molecule has 42 heavy (non-hydrogen) atoms. The lowest BCUT2D eigenvalue weighted by molar-refractivity contribution is 0.0977. The SMILES string of the molecule is C#Cc1cccc2cc(O)cc(N3CCc4c(cc(OCC56CCCN5CCC6)nc4N4CC5CCC(C4)N5)C3=O)c12. The number of anilines is 2. The zero-order chi connectivity index (χ0) is 28.4. The van der Waals surface area contributed by atoms with Crippen LogP contribution >= 0.6 is 0 Å². The van der Waals surface area contributed by atoms with Crippen LogP contribution in [0.2, 0.25) is 0 Å². The Labute approximate surface area is 246 Å². The van der Waals surface area contributed by atoms with Crippen molar-refractivity contribution < 1.29 is 14.6 Å². The number of phenolic OH excluding ortho intramolecular Hbond substituents is 1. The van der Waals surface area contributed by atoms with Gasteiger partial charge in [-0.15, -0.1) is 6.42 Å². The summed E-state index contributed by atoms with van der Waals surface area (Å²) in [5.41, 5.74) is 3.06. The van der Waals surface area contributed by atoms with Crippen molar-refractivity contribution in [2.45, 2.75) is 62.6 Å². The first kappa shape index (κ1) is 25.9. The van der Waals surface area contributed by atoms with Crippen LogP contribution in [0.1, 0.15) is 60.0 Å². The topological polar surface area (TPSA) is 81.2 Å². The van der Waals surface area contributed by atoms with Crippen molar-refractivity contribution >= 4 is 28.2 Å². The van der Waals surface area contributed by atoms with E-state index in [4.69, 9.17) is 16.1 Å². The van der Waals surface area contributed by atoms with Gasteiger partial charge in [-0.25, -0.2) is 0 Å². The Hall–Kier alpha value is -3.80. The zero-order valence-electron chi connectivity index (χ0n) is 23.9. The molecule has 4 saturated heterocycles. The van der Waals surface area contributed by atoms with Crippen molar-refractivity contribution in [1.82, 2.24) is 15.2 Å². The lowest BCUT2D eigenvalue weighted by atomic mass is 9.95. The first-order valence-electron chi connectivity index (χ1n) is 15.5. The molecule has 216 valence electrons. The number of nitrogens with one attached hydrogen (secondary N) is 1. The molecule has 0 aliphatic carbocycles. The van der Waals surface area contributed by atoms with E-state index in [9.17, 15) is 9.90 Å². The summed E-state index contributed by atoms with van der Waals surface area (Å²) in [6.07, 6.45) is 13.6. The van der Waals surface area contributed by atoms with Crippen LogP contribution < -0.4 is 19.9 Å². The maximum atomic E-state index is 14.4. The summed E-state index contributed by atoms with van der Waals surface area (Å²) in [5.74, 6) is 4.20. The number of benzene rings is 2. The standard InChI is InChI=1S/C34H37N5O3/c1-2-22-6-3-7-23-16-26(40)17-29(31(22)23)39-15-10-27-28(33(39)41)18-30(42-21-34-11-4-13-38(34)14-5-12-34)36-32(27)37-19-24-8-9-25(20-37)35-24/h1,3,6-7,16-18,24-25,35,40H,4-5,8-15,19-21H2. The summed E-state index contributed by atoms with van der Waals surface area (Å²) in [7, 11) is 0. The molecule has 3 aromatic rings. The van der Waals surface area contributed by atoms with Gasteiger partial charge in [-0.3, -0.25) is 9.69 Å². The van der Waals surface area contributed by atoms with Crippen molar-refractivity contribution in [2.24, 2.45) is 0 Å². The first-order chi connectivity index (χ1) is 20.5. The van der Waals surface area contributed by atoms with E-state index in [1.807, 2.05) is 24.3 Å². The second kappa shape index (κ2) is 9.89. The average Bonchev–Trinajstić information content (AvgIpc) is 3.68. The summed E-state index contributed by atoms with van der Waals surface area (Å²) >= 11 is 0. The number of fused-ring (bicyclic) bond motifs is 5. The van der Waals surface area contributed by atoms with Gasteiger partial charge < -0.3 is 25.0 Å². The van der Waals surface area contributed by atoms with Crippen molar-refractivity contribution in [2.75, 3.05) is 49.1 Å². The molecule has 8 nitrogen and oxygen atoms in total. The minimum absolute atomic E-state index is 0.0913. The van der Waals surface area contributed by atoms with Crippen molar-refractivity contribution in [3.05, 3.63) is 53.1 Å².